The van der Waals surface area contributed by atoms with Gasteiger partial charge in [-0.15, -0.1) is 0 Å². The summed E-state index contributed by atoms with van der Waals surface area (Å²) in [6.45, 7) is 3.13. The summed E-state index contributed by atoms with van der Waals surface area (Å²) >= 11 is 0. The van der Waals surface area contributed by atoms with Gasteiger partial charge in [-0.3, -0.25) is 4.79 Å². The maximum atomic E-state index is 15.1. The Morgan fingerprint density at radius 2 is 1.45 bits per heavy atom. The van der Waals surface area contributed by atoms with E-state index < -0.39 is 82.6 Å². The molecule has 0 saturated heterocycles. The summed E-state index contributed by atoms with van der Waals surface area (Å²) in [7, 11) is 0. The second kappa shape index (κ2) is 13.5. The van der Waals surface area contributed by atoms with Crippen molar-refractivity contribution < 1.29 is 58.2 Å². The Morgan fingerprint density at radius 3 is 2.06 bits per heavy atom. The molecule has 4 aromatic carbocycles. The molecule has 0 aliphatic carbocycles. The van der Waals surface area contributed by atoms with Crippen molar-refractivity contribution in [3.63, 3.8) is 0 Å². The lowest BCUT2D eigenvalue weighted by atomic mass is 9.77. The van der Waals surface area contributed by atoms with Crippen molar-refractivity contribution in [2.24, 2.45) is 0 Å². The van der Waals surface area contributed by atoms with Gasteiger partial charge in [-0.25, -0.2) is 13.2 Å². The predicted octanol–water partition coefficient (Wildman–Crippen LogP) is 9.06. The Bertz CT molecular complexity index is 1730. The minimum atomic E-state index is -5.20. The number of hydrogen-bond acceptors (Lipinski definition) is 3. The van der Waals surface area contributed by atoms with Crippen LogP contribution in [0.25, 0.3) is 0 Å². The smallest absolute Gasteiger partial charge is 0.461 e. The Hall–Kier alpha value is -4.75. The van der Waals surface area contributed by atoms with Gasteiger partial charge in [0.05, 0.1) is 17.2 Å². The van der Waals surface area contributed by atoms with E-state index in [1.807, 2.05) is 0 Å². The number of nitrogens with one attached hydrogen (secondary N) is 1. The maximum absolute atomic E-state index is 15.1. The molecule has 0 saturated carbocycles. The van der Waals surface area contributed by atoms with Crippen LogP contribution in [0.5, 0.6) is 11.5 Å². The van der Waals surface area contributed by atoms with E-state index in [4.69, 9.17) is 4.74 Å². The first kappa shape index (κ1) is 35.1. The molecular weight excluding hydrogens is 648 g/mol. The second-order valence-electron chi connectivity index (χ2n) is 10.7. The van der Waals surface area contributed by atoms with Crippen LogP contribution in [0.1, 0.15) is 46.5 Å². The fourth-order valence-corrected chi connectivity index (χ4v) is 4.79. The molecule has 0 bridgehead atoms. The van der Waals surface area contributed by atoms with Crippen molar-refractivity contribution in [2.45, 2.75) is 50.6 Å². The molecule has 0 aromatic heterocycles. The number of benzene rings is 4. The van der Waals surface area contributed by atoms with Gasteiger partial charge in [0.1, 0.15) is 17.4 Å². The standard InChI is InChI=1S/C33H25F10NO3/c1-18(2)46-28-15-21(9-11-27(28)36)31(17-19-6-4-3-5-7-19,22-13-23(34)16-24(14-22)47-33(42,43)30(37)38)44-29(45)20-8-10-26(35)25(12-20)32(39,40)41/h3-16,18,30H,17H2,1-2H3,(H,44,45)/t31-/m1/s1. The zero-order chi connectivity index (χ0) is 34.7. The van der Waals surface area contributed by atoms with E-state index in [2.05, 4.69) is 10.1 Å². The second-order valence-corrected chi connectivity index (χ2v) is 10.7. The summed E-state index contributed by atoms with van der Waals surface area (Å²) in [6.07, 6.45) is -15.6. The molecule has 4 nitrogen and oxygen atoms in total. The molecule has 47 heavy (non-hydrogen) atoms. The first-order chi connectivity index (χ1) is 21.9. The number of halogens is 10. The Balaban J connectivity index is 2.02. The fraction of sp³-hybridized carbons (Fsp3) is 0.242. The van der Waals surface area contributed by atoms with Crippen molar-refractivity contribution in [3.05, 3.63) is 130 Å². The number of carbonyl (C=O) groups excluding carboxylic acids is 1. The van der Waals surface area contributed by atoms with Crippen LogP contribution in [0.2, 0.25) is 0 Å². The number of ether oxygens (including phenoxy) is 2. The van der Waals surface area contributed by atoms with Crippen molar-refractivity contribution >= 4 is 5.91 Å². The van der Waals surface area contributed by atoms with Crippen molar-refractivity contribution in [1.82, 2.24) is 5.32 Å². The average Bonchev–Trinajstić information content (AvgIpc) is 2.97. The molecule has 4 aromatic rings. The van der Waals surface area contributed by atoms with Gasteiger partial charge in [0.15, 0.2) is 11.6 Å². The van der Waals surface area contributed by atoms with E-state index in [9.17, 15) is 44.3 Å². The molecule has 0 aliphatic heterocycles. The molecule has 14 heteroatoms. The molecule has 1 amide bonds. The lowest BCUT2D eigenvalue weighted by molar-refractivity contribution is -0.253. The van der Waals surface area contributed by atoms with E-state index in [1.54, 1.807) is 32.0 Å². The van der Waals surface area contributed by atoms with Crippen LogP contribution in [0, 0.1) is 17.5 Å². The van der Waals surface area contributed by atoms with Gasteiger partial charge in [-0.05, 0) is 73.0 Å². The van der Waals surface area contributed by atoms with Crippen molar-refractivity contribution in [2.75, 3.05) is 0 Å². The number of alkyl halides is 7. The van der Waals surface area contributed by atoms with Gasteiger partial charge in [-0.1, -0.05) is 36.4 Å². The summed E-state index contributed by atoms with van der Waals surface area (Å²) in [4.78, 5) is 13.8. The zero-order valence-electron chi connectivity index (χ0n) is 24.4. The molecule has 1 atom stereocenters. The highest BCUT2D eigenvalue weighted by Gasteiger charge is 2.45. The summed E-state index contributed by atoms with van der Waals surface area (Å²) < 4.78 is 148. The first-order valence-corrected chi connectivity index (χ1v) is 13.8. The van der Waals surface area contributed by atoms with E-state index in [-0.39, 0.29) is 17.4 Å². The van der Waals surface area contributed by atoms with E-state index in [1.165, 1.54) is 12.1 Å². The van der Waals surface area contributed by atoms with Gasteiger partial charge in [-0.2, -0.15) is 30.7 Å². The molecule has 1 N–H and O–H groups in total. The summed E-state index contributed by atoms with van der Waals surface area (Å²) in [6, 6.07) is 14.2. The zero-order valence-corrected chi connectivity index (χ0v) is 24.4. The molecule has 0 radical (unpaired) electrons. The minimum Gasteiger partial charge on any atom is -0.488 e. The lowest BCUT2D eigenvalue weighted by Crippen LogP contribution is -2.49. The Morgan fingerprint density at radius 1 is 0.787 bits per heavy atom. The molecule has 0 spiro atoms. The van der Waals surface area contributed by atoms with Crippen LogP contribution in [0.4, 0.5) is 43.9 Å². The number of amides is 1. The highest BCUT2D eigenvalue weighted by molar-refractivity contribution is 5.95. The van der Waals surface area contributed by atoms with Crippen LogP contribution >= 0.6 is 0 Å². The summed E-state index contributed by atoms with van der Waals surface area (Å²) in [5.74, 6) is -6.61. The molecule has 0 aliphatic rings. The third-order valence-corrected chi connectivity index (χ3v) is 6.83. The van der Waals surface area contributed by atoms with Crippen LogP contribution in [-0.2, 0) is 18.1 Å². The first-order valence-electron chi connectivity index (χ1n) is 13.8. The Labute approximate surface area is 261 Å². The maximum Gasteiger partial charge on any atom is 0.461 e. The highest BCUT2D eigenvalue weighted by atomic mass is 19.4. The van der Waals surface area contributed by atoms with E-state index in [0.717, 1.165) is 36.4 Å². The van der Waals surface area contributed by atoms with E-state index in [0.29, 0.717) is 17.7 Å². The fourth-order valence-electron chi connectivity index (χ4n) is 4.79. The van der Waals surface area contributed by atoms with Gasteiger partial charge < -0.3 is 14.8 Å². The molecule has 4 rings (SSSR count). The van der Waals surface area contributed by atoms with Crippen LogP contribution in [-0.4, -0.2) is 24.5 Å². The topological polar surface area (TPSA) is 47.6 Å². The quantitative estimate of drug-likeness (QED) is 0.162. The third kappa shape index (κ3) is 8.16. The van der Waals surface area contributed by atoms with Crippen LogP contribution < -0.4 is 14.8 Å². The molecular formula is C33H25F10NO3. The molecule has 0 fully saturated rings. The van der Waals surface area contributed by atoms with Crippen LogP contribution in [0.15, 0.2) is 84.9 Å². The number of carbonyl (C=O) groups is 1. The normalized spacial score (nSPS) is 13.4. The number of hydrogen-bond donors (Lipinski definition) is 1. The summed E-state index contributed by atoms with van der Waals surface area (Å²) in [5.41, 5.74) is -4.80. The highest BCUT2D eigenvalue weighted by Crippen LogP contribution is 2.40. The minimum absolute atomic E-state index is 0.0953. The average molecular weight is 674 g/mol. The van der Waals surface area contributed by atoms with Gasteiger partial charge in [0.25, 0.3) is 5.91 Å². The predicted molar refractivity (Wildman–Crippen MR) is 150 cm³/mol. The Kier molecular flexibility index (Phi) is 10.1. The van der Waals surface area contributed by atoms with Gasteiger partial charge in [0, 0.05) is 18.1 Å². The molecule has 250 valence electrons. The molecule has 0 unspecified atom stereocenters. The summed E-state index contributed by atoms with van der Waals surface area (Å²) in [5, 5.41) is 2.50. The van der Waals surface area contributed by atoms with Gasteiger partial charge >= 0.3 is 18.7 Å². The number of rotatable bonds is 11. The monoisotopic (exact) mass is 673 g/mol. The third-order valence-electron chi connectivity index (χ3n) is 6.83. The SMILES string of the molecule is CC(C)Oc1cc([C@@](Cc2ccccc2)(NC(=O)c2ccc(F)c(C(F)(F)F)c2)c2cc(F)cc(OC(F)(F)C(F)F)c2)ccc1F. The van der Waals surface area contributed by atoms with Gasteiger partial charge in [0.2, 0.25) is 0 Å². The van der Waals surface area contributed by atoms with Crippen molar-refractivity contribution in [3.8, 4) is 11.5 Å². The van der Waals surface area contributed by atoms with Crippen LogP contribution in [0.3, 0.4) is 0 Å². The van der Waals surface area contributed by atoms with Crippen molar-refractivity contribution in [1.29, 1.82) is 0 Å². The molecule has 0 heterocycles. The largest absolute Gasteiger partial charge is 0.488 e. The lowest BCUT2D eigenvalue weighted by Gasteiger charge is -2.37. The van der Waals surface area contributed by atoms with E-state index >= 15 is 4.39 Å².